The van der Waals surface area contributed by atoms with Crippen LogP contribution in [0.3, 0.4) is 0 Å². The second-order valence-corrected chi connectivity index (χ2v) is 9.23. The molecule has 0 aliphatic heterocycles. The molecule has 2 amide bonds. The van der Waals surface area contributed by atoms with Crippen molar-refractivity contribution in [3.05, 3.63) is 101 Å². The van der Waals surface area contributed by atoms with Crippen molar-refractivity contribution < 1.29 is 31.9 Å². The molecule has 0 unspecified atom stereocenters. The summed E-state index contributed by atoms with van der Waals surface area (Å²) in [5, 5.41) is 2.36. The number of amides is 2. The molecule has 0 radical (unpaired) electrons. The summed E-state index contributed by atoms with van der Waals surface area (Å²) in [7, 11) is -3.96. The number of sulfonamides is 1. The molecule has 35 heavy (non-hydrogen) atoms. The van der Waals surface area contributed by atoms with Crippen LogP contribution in [0, 0.1) is 5.82 Å². The normalized spacial score (nSPS) is 10.9. The van der Waals surface area contributed by atoms with Crippen molar-refractivity contribution in [2.24, 2.45) is 0 Å². The van der Waals surface area contributed by atoms with Crippen molar-refractivity contribution in [3.8, 4) is 0 Å². The summed E-state index contributed by atoms with van der Waals surface area (Å²) in [6.45, 7) is -0.299. The largest absolute Gasteiger partial charge is 0.460 e. The van der Waals surface area contributed by atoms with Crippen molar-refractivity contribution in [2.45, 2.75) is 13.0 Å². The second kappa shape index (κ2) is 11.8. The first-order valence-corrected chi connectivity index (χ1v) is 12.1. The fourth-order valence-electron chi connectivity index (χ4n) is 2.85. The molecule has 0 atom stereocenters. The number of benzene rings is 2. The second-order valence-electron chi connectivity index (χ2n) is 7.39. The predicted octanol–water partition coefficient (Wildman–Crippen LogP) is 2.00. The van der Waals surface area contributed by atoms with Gasteiger partial charge in [-0.25, -0.2) is 17.5 Å². The fourth-order valence-corrected chi connectivity index (χ4v) is 3.86. The molecule has 0 aliphatic carbocycles. The molecule has 1 heterocycles. The zero-order valence-corrected chi connectivity index (χ0v) is 19.3. The van der Waals surface area contributed by atoms with Crippen LogP contribution in [0.25, 0.3) is 0 Å². The lowest BCUT2D eigenvalue weighted by Crippen LogP contribution is -2.33. The smallest absolute Gasteiger partial charge is 0.325 e. The number of rotatable bonds is 10. The molecule has 1 aromatic heterocycles. The SMILES string of the molecule is O=C(CNC(=O)c1ccc(C(=O)NS(=O)(=O)CCc2ccc(F)cc2)cn1)OCc1ccccc1. The van der Waals surface area contributed by atoms with Crippen molar-refractivity contribution in [1.82, 2.24) is 15.0 Å². The van der Waals surface area contributed by atoms with E-state index in [1.54, 1.807) is 12.1 Å². The predicted molar refractivity (Wildman–Crippen MR) is 124 cm³/mol. The summed E-state index contributed by atoms with van der Waals surface area (Å²) >= 11 is 0. The molecule has 3 aromatic rings. The summed E-state index contributed by atoms with van der Waals surface area (Å²) in [6.07, 6.45) is 1.14. The van der Waals surface area contributed by atoms with E-state index in [0.29, 0.717) is 5.56 Å². The number of pyridine rings is 1. The van der Waals surface area contributed by atoms with E-state index in [4.69, 9.17) is 4.74 Å². The van der Waals surface area contributed by atoms with Crippen LogP contribution in [0.4, 0.5) is 4.39 Å². The molecule has 0 saturated carbocycles. The van der Waals surface area contributed by atoms with Gasteiger partial charge in [0, 0.05) is 6.20 Å². The average Bonchev–Trinajstić information content (AvgIpc) is 2.86. The highest BCUT2D eigenvalue weighted by Gasteiger charge is 2.18. The van der Waals surface area contributed by atoms with Gasteiger partial charge in [0.1, 0.15) is 24.7 Å². The van der Waals surface area contributed by atoms with Crippen molar-refractivity contribution in [3.63, 3.8) is 0 Å². The number of carbonyl (C=O) groups is 3. The molecule has 2 N–H and O–H groups in total. The van der Waals surface area contributed by atoms with Crippen LogP contribution in [0.15, 0.2) is 72.9 Å². The van der Waals surface area contributed by atoms with Gasteiger partial charge in [0.2, 0.25) is 10.0 Å². The Balaban J connectivity index is 1.46. The average molecular weight is 500 g/mol. The molecule has 3 rings (SSSR count). The lowest BCUT2D eigenvalue weighted by atomic mass is 10.2. The number of nitrogens with one attached hydrogen (secondary N) is 2. The molecule has 0 saturated heterocycles. The summed E-state index contributed by atoms with van der Waals surface area (Å²) in [6, 6.07) is 16.9. The number of aryl methyl sites for hydroxylation is 1. The Morgan fingerprint density at radius 3 is 2.26 bits per heavy atom. The summed E-state index contributed by atoms with van der Waals surface area (Å²) in [5.74, 6) is -3.02. The Bertz CT molecular complexity index is 1280. The van der Waals surface area contributed by atoms with Crippen LogP contribution in [-0.4, -0.2) is 43.5 Å². The molecule has 9 nitrogen and oxygen atoms in total. The third-order valence-corrected chi connectivity index (χ3v) is 5.95. The van der Waals surface area contributed by atoms with Gasteiger partial charge in [-0.2, -0.15) is 0 Å². The van der Waals surface area contributed by atoms with Crippen LogP contribution < -0.4 is 10.0 Å². The third kappa shape index (κ3) is 8.31. The Morgan fingerprint density at radius 1 is 0.886 bits per heavy atom. The molecule has 11 heteroatoms. The number of nitrogens with zero attached hydrogens (tertiary/aromatic N) is 1. The van der Waals surface area contributed by atoms with Gasteiger partial charge in [0.05, 0.1) is 11.3 Å². The number of esters is 1. The lowest BCUT2D eigenvalue weighted by molar-refractivity contribution is -0.143. The van der Waals surface area contributed by atoms with Gasteiger partial charge in [-0.05, 0) is 41.8 Å². The van der Waals surface area contributed by atoms with E-state index < -0.39 is 33.6 Å². The Morgan fingerprint density at radius 2 is 1.60 bits per heavy atom. The van der Waals surface area contributed by atoms with Gasteiger partial charge in [-0.1, -0.05) is 42.5 Å². The monoisotopic (exact) mass is 499 g/mol. The van der Waals surface area contributed by atoms with Crippen LogP contribution in [0.2, 0.25) is 0 Å². The molecule has 0 aliphatic rings. The fraction of sp³-hybridized carbons (Fsp3) is 0.167. The Labute approximate surface area is 201 Å². The first-order valence-electron chi connectivity index (χ1n) is 10.4. The van der Waals surface area contributed by atoms with Gasteiger partial charge in [0.25, 0.3) is 11.8 Å². The number of ether oxygens (including phenoxy) is 1. The molecule has 182 valence electrons. The van der Waals surface area contributed by atoms with E-state index in [2.05, 4.69) is 10.3 Å². The standard InChI is InChI=1S/C24H22FN3O6S/c25-20-9-6-17(7-10-20)12-13-35(32,33)28-23(30)19-8-11-21(26-14-19)24(31)27-15-22(29)34-16-18-4-2-1-3-5-18/h1-11,14H,12-13,15-16H2,(H,27,31)(H,28,30). The number of hydrogen-bond donors (Lipinski definition) is 2. The number of aromatic nitrogens is 1. The summed E-state index contributed by atoms with van der Waals surface area (Å²) < 4.78 is 44.3. The minimum atomic E-state index is -3.96. The highest BCUT2D eigenvalue weighted by atomic mass is 32.2. The van der Waals surface area contributed by atoms with Gasteiger partial charge in [-0.3, -0.25) is 19.4 Å². The summed E-state index contributed by atoms with van der Waals surface area (Å²) in [5.41, 5.74) is 1.26. The van der Waals surface area contributed by atoms with E-state index in [0.717, 1.165) is 11.8 Å². The highest BCUT2D eigenvalue weighted by molar-refractivity contribution is 7.90. The quantitative estimate of drug-likeness (QED) is 0.408. The van der Waals surface area contributed by atoms with E-state index in [1.165, 1.54) is 36.4 Å². The molecular weight excluding hydrogens is 477 g/mol. The van der Waals surface area contributed by atoms with Crippen LogP contribution >= 0.6 is 0 Å². The first kappa shape index (κ1) is 25.5. The van der Waals surface area contributed by atoms with Crippen LogP contribution in [-0.2, 0) is 32.6 Å². The minimum absolute atomic E-state index is 0.0726. The van der Waals surface area contributed by atoms with Crippen LogP contribution in [0.1, 0.15) is 32.0 Å². The lowest BCUT2D eigenvalue weighted by Gasteiger charge is -2.08. The highest BCUT2D eigenvalue weighted by Crippen LogP contribution is 2.06. The van der Waals surface area contributed by atoms with E-state index in [9.17, 15) is 27.2 Å². The van der Waals surface area contributed by atoms with Gasteiger partial charge in [0.15, 0.2) is 0 Å². The first-order chi connectivity index (χ1) is 16.7. The maximum Gasteiger partial charge on any atom is 0.325 e. The van der Waals surface area contributed by atoms with E-state index in [1.807, 2.05) is 22.9 Å². The van der Waals surface area contributed by atoms with Gasteiger partial charge in [-0.15, -0.1) is 0 Å². The van der Waals surface area contributed by atoms with Crippen molar-refractivity contribution in [1.29, 1.82) is 0 Å². The number of carbonyl (C=O) groups excluding carboxylic acids is 3. The number of hydrogen-bond acceptors (Lipinski definition) is 7. The van der Waals surface area contributed by atoms with Crippen LogP contribution in [0.5, 0.6) is 0 Å². The van der Waals surface area contributed by atoms with Crippen molar-refractivity contribution in [2.75, 3.05) is 12.3 Å². The topological polar surface area (TPSA) is 132 Å². The Hall–Kier alpha value is -4.12. The zero-order valence-electron chi connectivity index (χ0n) is 18.4. The zero-order chi connectivity index (χ0) is 25.3. The molecule has 0 bridgehead atoms. The van der Waals surface area contributed by atoms with E-state index >= 15 is 0 Å². The Kier molecular flexibility index (Phi) is 8.63. The molecule has 0 fully saturated rings. The summed E-state index contributed by atoms with van der Waals surface area (Å²) in [4.78, 5) is 40.1. The molecule has 2 aromatic carbocycles. The molecule has 0 spiro atoms. The minimum Gasteiger partial charge on any atom is -0.460 e. The van der Waals surface area contributed by atoms with E-state index in [-0.39, 0.29) is 36.6 Å². The van der Waals surface area contributed by atoms with Gasteiger partial charge < -0.3 is 10.1 Å². The third-order valence-electron chi connectivity index (χ3n) is 4.72. The maximum absolute atomic E-state index is 12.9. The number of halogens is 1. The van der Waals surface area contributed by atoms with Gasteiger partial charge >= 0.3 is 5.97 Å². The maximum atomic E-state index is 12.9. The van der Waals surface area contributed by atoms with Crippen molar-refractivity contribution >= 4 is 27.8 Å². The molecular formula is C24H22FN3O6S.